The normalized spacial score (nSPS) is 19.0. The Kier molecular flexibility index (Phi) is 4.01. The van der Waals surface area contributed by atoms with Crippen LogP contribution in [0.15, 0.2) is 42.6 Å². The average Bonchev–Trinajstić information content (AvgIpc) is 2.89. The molecule has 1 atom stereocenters. The summed E-state index contributed by atoms with van der Waals surface area (Å²) in [5.41, 5.74) is 1.64. The predicted molar refractivity (Wildman–Crippen MR) is 82.2 cm³/mol. The number of hydrogen-bond acceptors (Lipinski definition) is 2. The molecule has 5 heteroatoms. The minimum absolute atomic E-state index is 0.0501. The maximum atomic E-state index is 13.9. The zero-order valence-electron chi connectivity index (χ0n) is 11.8. The van der Waals surface area contributed by atoms with E-state index in [-0.39, 0.29) is 17.1 Å². The molecule has 1 amide bonds. The average molecular weight is 304 g/mol. The monoisotopic (exact) mass is 304 g/mol. The van der Waals surface area contributed by atoms with Gasteiger partial charge in [-0.05, 0) is 18.2 Å². The van der Waals surface area contributed by atoms with Crippen molar-refractivity contribution in [2.45, 2.75) is 18.3 Å². The Labute approximate surface area is 127 Å². The van der Waals surface area contributed by atoms with Crippen LogP contribution in [-0.4, -0.2) is 21.1 Å². The molecule has 0 radical (unpaired) electrons. The van der Waals surface area contributed by atoms with Crippen molar-refractivity contribution in [3.05, 3.63) is 59.7 Å². The van der Waals surface area contributed by atoms with Crippen LogP contribution in [0.4, 0.5) is 4.39 Å². The first kappa shape index (κ1) is 14.2. The van der Waals surface area contributed by atoms with Crippen LogP contribution >= 0.6 is 11.8 Å². The molecule has 3 rings (SSSR count). The van der Waals surface area contributed by atoms with Crippen molar-refractivity contribution in [1.82, 2.24) is 9.47 Å². The topological polar surface area (TPSA) is 25.2 Å². The van der Waals surface area contributed by atoms with Crippen molar-refractivity contribution in [1.29, 1.82) is 0 Å². The van der Waals surface area contributed by atoms with Crippen LogP contribution in [0, 0.1) is 5.82 Å². The van der Waals surface area contributed by atoms with Crippen LogP contribution < -0.4 is 0 Å². The van der Waals surface area contributed by atoms with E-state index in [0.29, 0.717) is 18.5 Å². The number of nitrogens with zero attached hydrogens (tertiary/aromatic N) is 2. The lowest BCUT2D eigenvalue weighted by molar-refractivity contribution is -0.132. The molecule has 1 aliphatic heterocycles. The zero-order chi connectivity index (χ0) is 14.8. The predicted octanol–water partition coefficient (Wildman–Crippen LogP) is 3.33. The summed E-state index contributed by atoms with van der Waals surface area (Å²) in [6.07, 6.45) is 2.48. The Morgan fingerprint density at radius 1 is 1.29 bits per heavy atom. The highest BCUT2D eigenvalue weighted by atomic mass is 32.2. The summed E-state index contributed by atoms with van der Waals surface area (Å²) in [7, 11) is 1.97. The number of carbonyl (C=O) groups excluding carboxylic acids is 1. The first-order valence-corrected chi connectivity index (χ1v) is 7.97. The molecule has 1 unspecified atom stereocenters. The number of aromatic nitrogens is 1. The van der Waals surface area contributed by atoms with Crippen molar-refractivity contribution in [3.63, 3.8) is 0 Å². The quantitative estimate of drug-likeness (QED) is 0.869. The van der Waals surface area contributed by atoms with E-state index in [0.717, 1.165) is 11.4 Å². The molecule has 21 heavy (non-hydrogen) atoms. The lowest BCUT2D eigenvalue weighted by atomic mass is 10.2. The molecule has 1 aromatic carbocycles. The van der Waals surface area contributed by atoms with Gasteiger partial charge in [0.1, 0.15) is 11.2 Å². The lowest BCUT2D eigenvalue weighted by Gasteiger charge is -2.35. The highest BCUT2D eigenvalue weighted by Gasteiger charge is 2.31. The third-order valence-corrected chi connectivity index (χ3v) is 4.98. The Morgan fingerprint density at radius 2 is 2.10 bits per heavy atom. The maximum absolute atomic E-state index is 13.9. The Balaban J connectivity index is 1.90. The van der Waals surface area contributed by atoms with Crippen LogP contribution in [0.3, 0.4) is 0 Å². The van der Waals surface area contributed by atoms with Gasteiger partial charge in [0.15, 0.2) is 0 Å². The summed E-state index contributed by atoms with van der Waals surface area (Å²) in [5.74, 6) is 0.636. The van der Waals surface area contributed by atoms with Gasteiger partial charge in [-0.15, -0.1) is 11.8 Å². The molecule has 3 nitrogen and oxygen atoms in total. The van der Waals surface area contributed by atoms with Gasteiger partial charge < -0.3 is 9.47 Å². The molecule has 1 saturated heterocycles. The van der Waals surface area contributed by atoms with E-state index in [2.05, 4.69) is 0 Å². The smallest absolute Gasteiger partial charge is 0.224 e. The van der Waals surface area contributed by atoms with E-state index in [9.17, 15) is 9.18 Å². The Hall–Kier alpha value is -1.75. The van der Waals surface area contributed by atoms with Crippen LogP contribution in [-0.2, 0) is 18.4 Å². The molecular weight excluding hydrogens is 287 g/mol. The van der Waals surface area contributed by atoms with Crippen LogP contribution in [0.2, 0.25) is 0 Å². The van der Waals surface area contributed by atoms with E-state index in [1.807, 2.05) is 29.9 Å². The van der Waals surface area contributed by atoms with Crippen LogP contribution in [0.1, 0.15) is 23.1 Å². The summed E-state index contributed by atoms with van der Waals surface area (Å²) < 4.78 is 15.9. The molecule has 110 valence electrons. The minimum Gasteiger partial charge on any atom is -0.352 e. The minimum atomic E-state index is -0.258. The van der Waals surface area contributed by atoms with E-state index >= 15 is 0 Å². The summed E-state index contributed by atoms with van der Waals surface area (Å²) in [6, 6.07) is 10.6. The van der Waals surface area contributed by atoms with E-state index in [4.69, 9.17) is 0 Å². The SMILES string of the molecule is Cn1cccc1C1SCCC(=O)N1Cc1ccccc1F. The number of thioether (sulfide) groups is 1. The number of rotatable bonds is 3. The summed E-state index contributed by atoms with van der Waals surface area (Å²) in [4.78, 5) is 14.1. The van der Waals surface area contributed by atoms with Gasteiger partial charge in [-0.1, -0.05) is 18.2 Å². The lowest BCUT2D eigenvalue weighted by Crippen LogP contribution is -2.37. The van der Waals surface area contributed by atoms with Gasteiger partial charge in [-0.25, -0.2) is 4.39 Å². The molecular formula is C16H17FN2OS. The fraction of sp³-hybridized carbons (Fsp3) is 0.312. The second kappa shape index (κ2) is 5.93. The van der Waals surface area contributed by atoms with Crippen molar-refractivity contribution in [3.8, 4) is 0 Å². The molecule has 2 aromatic rings. The van der Waals surface area contributed by atoms with Crippen LogP contribution in [0.5, 0.6) is 0 Å². The fourth-order valence-corrected chi connectivity index (χ4v) is 3.88. The van der Waals surface area contributed by atoms with Gasteiger partial charge in [0.2, 0.25) is 5.91 Å². The van der Waals surface area contributed by atoms with Crippen LogP contribution in [0.25, 0.3) is 0 Å². The van der Waals surface area contributed by atoms with E-state index < -0.39 is 0 Å². The number of aryl methyl sites for hydroxylation is 1. The molecule has 0 bridgehead atoms. The van der Waals surface area contributed by atoms with Crippen molar-refractivity contribution in [2.24, 2.45) is 7.05 Å². The molecule has 1 fully saturated rings. The van der Waals surface area contributed by atoms with Gasteiger partial charge in [0, 0.05) is 31.0 Å². The fourth-order valence-electron chi connectivity index (χ4n) is 2.58. The highest BCUT2D eigenvalue weighted by molar-refractivity contribution is 7.99. The zero-order valence-corrected chi connectivity index (χ0v) is 12.6. The Morgan fingerprint density at radius 3 is 2.81 bits per heavy atom. The Bertz CT molecular complexity index is 655. The highest BCUT2D eigenvalue weighted by Crippen LogP contribution is 2.38. The number of carbonyl (C=O) groups is 1. The molecule has 1 aromatic heterocycles. The van der Waals surface area contributed by atoms with E-state index in [1.165, 1.54) is 6.07 Å². The maximum Gasteiger partial charge on any atom is 0.224 e. The van der Waals surface area contributed by atoms with Gasteiger partial charge >= 0.3 is 0 Å². The van der Waals surface area contributed by atoms with Crippen molar-refractivity contribution < 1.29 is 9.18 Å². The first-order chi connectivity index (χ1) is 10.2. The number of benzene rings is 1. The summed E-state index contributed by atoms with van der Waals surface area (Å²) >= 11 is 1.73. The number of amides is 1. The molecule has 0 saturated carbocycles. The summed E-state index contributed by atoms with van der Waals surface area (Å²) in [5, 5.41) is -0.0501. The van der Waals surface area contributed by atoms with Crippen molar-refractivity contribution >= 4 is 17.7 Å². The first-order valence-electron chi connectivity index (χ1n) is 6.92. The molecule has 0 aliphatic carbocycles. The largest absolute Gasteiger partial charge is 0.352 e. The molecule has 1 aliphatic rings. The third-order valence-electron chi connectivity index (χ3n) is 3.73. The second-order valence-corrected chi connectivity index (χ2v) is 6.32. The van der Waals surface area contributed by atoms with Gasteiger partial charge in [-0.3, -0.25) is 4.79 Å². The van der Waals surface area contributed by atoms with Gasteiger partial charge in [-0.2, -0.15) is 0 Å². The standard InChI is InChI=1S/C16H17FN2OS/c1-18-9-4-7-14(18)16-19(15(20)8-10-21-16)11-12-5-2-3-6-13(12)17/h2-7,9,16H,8,10-11H2,1H3. The molecule has 0 N–H and O–H groups in total. The molecule has 0 spiro atoms. The van der Waals surface area contributed by atoms with Crippen molar-refractivity contribution in [2.75, 3.05) is 5.75 Å². The van der Waals surface area contributed by atoms with Gasteiger partial charge in [0.05, 0.1) is 12.2 Å². The third kappa shape index (κ3) is 2.83. The van der Waals surface area contributed by atoms with E-state index in [1.54, 1.807) is 34.9 Å². The number of hydrogen-bond donors (Lipinski definition) is 0. The number of halogens is 1. The van der Waals surface area contributed by atoms with Gasteiger partial charge in [0.25, 0.3) is 0 Å². The second-order valence-electron chi connectivity index (χ2n) is 5.13. The molecule has 2 heterocycles. The summed E-state index contributed by atoms with van der Waals surface area (Å²) in [6.45, 7) is 0.314.